The van der Waals surface area contributed by atoms with Crippen LogP contribution < -0.4 is 9.64 Å². The highest BCUT2D eigenvalue weighted by Gasteiger charge is 2.20. The first-order chi connectivity index (χ1) is 15.1. The van der Waals surface area contributed by atoms with Crippen molar-refractivity contribution in [2.45, 2.75) is 0 Å². The molecule has 31 heavy (non-hydrogen) atoms. The zero-order valence-corrected chi connectivity index (χ0v) is 18.9. The minimum Gasteiger partial charge on any atom is -0.497 e. The number of hydrogen-bond donors (Lipinski definition) is 0. The van der Waals surface area contributed by atoms with Gasteiger partial charge in [-0.25, -0.2) is 4.98 Å². The molecule has 0 saturated carbocycles. The summed E-state index contributed by atoms with van der Waals surface area (Å²) in [6, 6.07) is 13.2. The van der Waals surface area contributed by atoms with E-state index in [0.29, 0.717) is 16.7 Å². The molecule has 0 bridgehead atoms. The summed E-state index contributed by atoms with van der Waals surface area (Å²) < 4.78 is 11.7. The summed E-state index contributed by atoms with van der Waals surface area (Å²) in [7, 11) is 1.64. The van der Waals surface area contributed by atoms with E-state index in [1.54, 1.807) is 24.2 Å². The van der Waals surface area contributed by atoms with Crippen LogP contribution in [0.3, 0.4) is 0 Å². The van der Waals surface area contributed by atoms with Crippen LogP contribution in [0, 0.1) is 0 Å². The summed E-state index contributed by atoms with van der Waals surface area (Å²) >= 11 is 7.72. The van der Waals surface area contributed by atoms with Gasteiger partial charge in [0, 0.05) is 37.3 Å². The number of hydrogen-bond acceptors (Lipinski definition) is 6. The molecule has 0 aliphatic carbocycles. The molecule has 1 aromatic heterocycles. The average molecular weight is 458 g/mol. The first-order valence-corrected chi connectivity index (χ1v) is 11.3. The minimum absolute atomic E-state index is 0.126. The molecule has 1 amide bonds. The Morgan fingerprint density at radius 3 is 2.87 bits per heavy atom. The molecule has 0 unspecified atom stereocenters. The van der Waals surface area contributed by atoms with Crippen molar-refractivity contribution in [3.05, 3.63) is 59.1 Å². The largest absolute Gasteiger partial charge is 0.497 e. The smallest absolute Gasteiger partial charge is 0.252 e. The van der Waals surface area contributed by atoms with Crippen molar-refractivity contribution in [3.8, 4) is 5.75 Å². The van der Waals surface area contributed by atoms with Crippen molar-refractivity contribution in [2.24, 2.45) is 0 Å². The van der Waals surface area contributed by atoms with E-state index in [0.717, 1.165) is 54.4 Å². The van der Waals surface area contributed by atoms with Crippen molar-refractivity contribution in [3.63, 3.8) is 0 Å². The molecule has 1 aliphatic heterocycles. The van der Waals surface area contributed by atoms with E-state index in [4.69, 9.17) is 26.1 Å². The van der Waals surface area contributed by atoms with Crippen molar-refractivity contribution in [1.29, 1.82) is 0 Å². The van der Waals surface area contributed by atoms with Gasteiger partial charge in [0.15, 0.2) is 5.13 Å². The third kappa shape index (κ3) is 5.43. The van der Waals surface area contributed by atoms with E-state index >= 15 is 0 Å². The molecule has 0 radical (unpaired) electrons. The summed E-state index contributed by atoms with van der Waals surface area (Å²) in [6.45, 7) is 4.49. The van der Waals surface area contributed by atoms with Crippen molar-refractivity contribution >= 4 is 50.3 Å². The molecular weight excluding hydrogens is 434 g/mol. The third-order valence-corrected chi connectivity index (χ3v) is 6.52. The maximum Gasteiger partial charge on any atom is 0.252 e. The van der Waals surface area contributed by atoms with Gasteiger partial charge >= 0.3 is 0 Å². The van der Waals surface area contributed by atoms with Gasteiger partial charge in [-0.1, -0.05) is 41.1 Å². The van der Waals surface area contributed by atoms with Crippen molar-refractivity contribution < 1.29 is 14.3 Å². The van der Waals surface area contributed by atoms with E-state index in [-0.39, 0.29) is 5.91 Å². The fourth-order valence-corrected chi connectivity index (χ4v) is 4.59. The molecular formula is C23H24ClN3O3S. The van der Waals surface area contributed by atoms with Crippen LogP contribution in [0.1, 0.15) is 5.56 Å². The number of aromatic nitrogens is 1. The SMILES string of the molecule is COc1ccc2nc(N(CCN3CCOCC3)C(=O)/C=C/c3ccccc3Cl)sc2c1. The van der Waals surface area contributed by atoms with Crippen molar-refractivity contribution in [2.75, 3.05) is 51.4 Å². The number of amides is 1. The number of carbonyl (C=O) groups is 1. The molecule has 4 rings (SSSR count). The first-order valence-electron chi connectivity index (χ1n) is 10.1. The van der Waals surface area contributed by atoms with E-state index < -0.39 is 0 Å². The second-order valence-electron chi connectivity index (χ2n) is 7.13. The second kappa shape index (κ2) is 10.2. The lowest BCUT2D eigenvalue weighted by Crippen LogP contribution is -2.42. The lowest BCUT2D eigenvalue weighted by Gasteiger charge is -2.28. The number of thiazole rings is 1. The molecule has 8 heteroatoms. The van der Waals surface area contributed by atoms with Gasteiger partial charge < -0.3 is 9.47 Å². The van der Waals surface area contributed by atoms with E-state index in [1.807, 2.05) is 42.5 Å². The maximum absolute atomic E-state index is 13.2. The minimum atomic E-state index is -0.126. The van der Waals surface area contributed by atoms with Gasteiger partial charge in [-0.2, -0.15) is 0 Å². The van der Waals surface area contributed by atoms with E-state index in [9.17, 15) is 4.79 Å². The molecule has 2 aromatic carbocycles. The van der Waals surface area contributed by atoms with Crippen LogP contribution in [-0.2, 0) is 9.53 Å². The van der Waals surface area contributed by atoms with Crippen LogP contribution in [0.2, 0.25) is 5.02 Å². The van der Waals surface area contributed by atoms with Gasteiger partial charge in [0.25, 0.3) is 5.91 Å². The summed E-state index contributed by atoms with van der Waals surface area (Å²) in [5.74, 6) is 0.645. The lowest BCUT2D eigenvalue weighted by atomic mass is 10.2. The predicted octanol–water partition coefficient (Wildman–Crippen LogP) is 4.34. The highest BCUT2D eigenvalue weighted by atomic mass is 35.5. The molecule has 6 nitrogen and oxygen atoms in total. The Morgan fingerprint density at radius 1 is 1.29 bits per heavy atom. The molecule has 3 aromatic rings. The number of halogens is 1. The fourth-order valence-electron chi connectivity index (χ4n) is 3.36. The normalized spacial score (nSPS) is 14.9. The third-order valence-electron chi connectivity index (χ3n) is 5.14. The Bertz CT molecular complexity index is 1080. The van der Waals surface area contributed by atoms with Crippen LogP contribution in [0.5, 0.6) is 5.75 Å². The van der Waals surface area contributed by atoms with Crippen LogP contribution in [0.4, 0.5) is 5.13 Å². The number of carbonyl (C=O) groups excluding carboxylic acids is 1. The number of morpholine rings is 1. The Morgan fingerprint density at radius 2 is 2.10 bits per heavy atom. The summed E-state index contributed by atoms with van der Waals surface area (Å²) in [5, 5.41) is 1.28. The van der Waals surface area contributed by atoms with Gasteiger partial charge in [0.2, 0.25) is 0 Å². The van der Waals surface area contributed by atoms with Gasteiger partial charge in [-0.05, 0) is 35.9 Å². The van der Waals surface area contributed by atoms with Gasteiger partial charge in [0.1, 0.15) is 5.75 Å². The molecule has 1 fully saturated rings. The standard InChI is InChI=1S/C23H24ClN3O3S/c1-29-18-7-8-20-21(16-18)31-23(25-20)27(11-10-26-12-14-30-15-13-26)22(28)9-6-17-4-2-3-5-19(17)24/h2-9,16H,10-15H2,1H3/b9-6+. The number of benzene rings is 2. The predicted molar refractivity (Wildman–Crippen MR) is 126 cm³/mol. The molecule has 2 heterocycles. The zero-order chi connectivity index (χ0) is 21.6. The number of methoxy groups -OCH3 is 1. The zero-order valence-electron chi connectivity index (χ0n) is 17.3. The van der Waals surface area contributed by atoms with Crippen LogP contribution >= 0.6 is 22.9 Å². The van der Waals surface area contributed by atoms with E-state index in [2.05, 4.69) is 4.90 Å². The fraction of sp³-hybridized carbons (Fsp3) is 0.304. The monoisotopic (exact) mass is 457 g/mol. The van der Waals surface area contributed by atoms with Gasteiger partial charge in [-0.15, -0.1) is 0 Å². The quantitative estimate of drug-likeness (QED) is 0.494. The highest BCUT2D eigenvalue weighted by Crippen LogP contribution is 2.31. The second-order valence-corrected chi connectivity index (χ2v) is 8.55. The summed E-state index contributed by atoms with van der Waals surface area (Å²) in [6.07, 6.45) is 3.32. The Kier molecular flexibility index (Phi) is 7.19. The Hall–Kier alpha value is -2.45. The summed E-state index contributed by atoms with van der Waals surface area (Å²) in [4.78, 5) is 21.9. The molecule has 1 saturated heterocycles. The van der Waals surface area contributed by atoms with Crippen LogP contribution in [0.15, 0.2) is 48.5 Å². The number of anilines is 1. The first kappa shape index (κ1) is 21.8. The molecule has 0 N–H and O–H groups in total. The molecule has 1 aliphatic rings. The molecule has 0 spiro atoms. The average Bonchev–Trinajstić information content (AvgIpc) is 3.22. The maximum atomic E-state index is 13.2. The highest BCUT2D eigenvalue weighted by molar-refractivity contribution is 7.22. The van der Waals surface area contributed by atoms with Crippen molar-refractivity contribution in [1.82, 2.24) is 9.88 Å². The van der Waals surface area contributed by atoms with Crippen LogP contribution in [0.25, 0.3) is 16.3 Å². The van der Waals surface area contributed by atoms with Gasteiger partial charge in [0.05, 0.1) is 30.5 Å². The number of ether oxygens (including phenoxy) is 2. The summed E-state index contributed by atoms with van der Waals surface area (Å²) in [5.41, 5.74) is 1.65. The molecule has 162 valence electrons. The molecule has 0 atom stereocenters. The van der Waals surface area contributed by atoms with Crippen LogP contribution in [-0.4, -0.2) is 62.3 Å². The Labute approximate surface area is 190 Å². The topological polar surface area (TPSA) is 54.9 Å². The number of nitrogens with zero attached hydrogens (tertiary/aromatic N) is 3. The van der Waals surface area contributed by atoms with Gasteiger partial charge in [-0.3, -0.25) is 14.6 Å². The van der Waals surface area contributed by atoms with E-state index in [1.165, 1.54) is 11.3 Å². The lowest BCUT2D eigenvalue weighted by molar-refractivity contribution is -0.114. The Balaban J connectivity index is 1.58. The number of fused-ring (bicyclic) bond motifs is 1. The number of rotatable bonds is 7.